The summed E-state index contributed by atoms with van der Waals surface area (Å²) in [6.45, 7) is -3.89. The molecule has 0 aliphatic heterocycles. The van der Waals surface area contributed by atoms with E-state index in [4.69, 9.17) is 30.3 Å². The predicted molar refractivity (Wildman–Crippen MR) is 101 cm³/mol. The van der Waals surface area contributed by atoms with Crippen LogP contribution < -0.4 is 5.73 Å². The van der Waals surface area contributed by atoms with Gasteiger partial charge in [-0.15, -0.1) is 0 Å². The molecule has 1 atom stereocenters. The van der Waals surface area contributed by atoms with Crippen LogP contribution in [-0.2, 0) is 4.79 Å². The second kappa shape index (κ2) is 10.5. The molecule has 27 heavy (non-hydrogen) atoms. The summed E-state index contributed by atoms with van der Waals surface area (Å²) in [5, 5.41) is 34.2. The number of ketones is 1. The van der Waals surface area contributed by atoms with Gasteiger partial charge in [0.1, 0.15) is 0 Å². The number of carbonyl (C=O) groups is 2. The number of aliphatic hydroxyl groups is 3. The SMILES string of the molecule is NC(CO)(CO)CO.[2H]C([2H])([2H])[C@H](C(=O)O)c1cccc(C(=O)c2ccccc2)c1. The fourth-order valence-electron chi connectivity index (χ4n) is 1.91. The number of hydrogen-bond acceptors (Lipinski definition) is 6. The van der Waals surface area contributed by atoms with Crippen molar-refractivity contribution in [2.75, 3.05) is 19.8 Å². The van der Waals surface area contributed by atoms with Crippen LogP contribution in [0.4, 0.5) is 0 Å². The Kier molecular flexibility index (Phi) is 6.95. The molecule has 0 fully saturated rings. The summed E-state index contributed by atoms with van der Waals surface area (Å²) in [5.74, 6) is -3.38. The van der Waals surface area contributed by atoms with E-state index in [2.05, 4.69) is 0 Å². The maximum Gasteiger partial charge on any atom is 0.310 e. The summed E-state index contributed by atoms with van der Waals surface area (Å²) >= 11 is 0. The van der Waals surface area contributed by atoms with Gasteiger partial charge in [-0.1, -0.05) is 48.5 Å². The molecule has 0 amide bonds. The molecule has 0 aliphatic carbocycles. The molecule has 2 aromatic carbocycles. The summed E-state index contributed by atoms with van der Waals surface area (Å²) < 4.78 is 22.1. The number of rotatable bonds is 7. The van der Waals surface area contributed by atoms with Crippen LogP contribution in [0.25, 0.3) is 0 Å². The van der Waals surface area contributed by atoms with E-state index < -0.39 is 44.1 Å². The number of carbonyl (C=O) groups excluding carboxylic acids is 1. The summed E-state index contributed by atoms with van der Waals surface area (Å²) in [7, 11) is 0. The Hall–Kier alpha value is -2.58. The monoisotopic (exact) mass is 378 g/mol. The van der Waals surface area contributed by atoms with E-state index in [9.17, 15) is 9.59 Å². The zero-order valence-corrected chi connectivity index (χ0v) is 14.6. The standard InChI is InChI=1S/C16H14O3.C4H11NO3/c1-11(16(18)19)13-8-5-9-14(10-13)15(17)12-6-3-2-4-7-12;5-4(1-6,2-7)3-8/h2-11H,1H3,(H,18,19);6-8H,1-3,5H2/t11-;/m0./s1/i1D3;. The van der Waals surface area contributed by atoms with Gasteiger partial charge in [0.25, 0.3) is 0 Å². The molecule has 0 spiro atoms. The lowest BCUT2D eigenvalue weighted by Gasteiger charge is -2.20. The Labute approximate surface area is 161 Å². The Bertz CT molecular complexity index is 830. The second-order valence-corrected chi connectivity index (χ2v) is 5.93. The highest BCUT2D eigenvalue weighted by Crippen LogP contribution is 2.18. The predicted octanol–water partition coefficient (Wildman–Crippen LogP) is 0.767. The lowest BCUT2D eigenvalue weighted by Crippen LogP contribution is -2.50. The molecular formula is C20H25NO6. The van der Waals surface area contributed by atoms with Crippen molar-refractivity contribution in [3.05, 3.63) is 71.3 Å². The van der Waals surface area contributed by atoms with Crippen LogP contribution in [0.5, 0.6) is 0 Å². The number of nitrogens with two attached hydrogens (primary N) is 1. The highest BCUT2D eigenvalue weighted by atomic mass is 16.4. The van der Waals surface area contributed by atoms with Gasteiger partial charge in [-0.3, -0.25) is 9.59 Å². The van der Waals surface area contributed by atoms with Gasteiger partial charge in [0.05, 0.1) is 31.3 Å². The van der Waals surface area contributed by atoms with Gasteiger partial charge < -0.3 is 26.2 Å². The molecule has 7 nitrogen and oxygen atoms in total. The third-order valence-corrected chi connectivity index (χ3v) is 3.71. The van der Waals surface area contributed by atoms with Gasteiger partial charge in [-0.25, -0.2) is 0 Å². The first-order chi connectivity index (χ1) is 14.0. The minimum atomic E-state index is -2.68. The third kappa shape index (κ3) is 6.58. The van der Waals surface area contributed by atoms with Crippen molar-refractivity contribution in [3.63, 3.8) is 0 Å². The number of benzene rings is 2. The highest BCUT2D eigenvalue weighted by Gasteiger charge is 2.20. The molecule has 0 saturated carbocycles. The number of hydrogen-bond donors (Lipinski definition) is 5. The van der Waals surface area contributed by atoms with Gasteiger partial charge in [0, 0.05) is 15.2 Å². The summed E-state index contributed by atoms with van der Waals surface area (Å²) in [4.78, 5) is 23.6. The van der Waals surface area contributed by atoms with E-state index in [0.29, 0.717) is 5.56 Å². The molecule has 0 bridgehead atoms. The Morgan fingerprint density at radius 2 is 1.56 bits per heavy atom. The minimum absolute atomic E-state index is 0.0919. The van der Waals surface area contributed by atoms with Crippen LogP contribution in [0.2, 0.25) is 0 Å². The first-order valence-electron chi connectivity index (χ1n) is 9.53. The third-order valence-electron chi connectivity index (χ3n) is 3.71. The van der Waals surface area contributed by atoms with Crippen LogP contribution in [0, 0.1) is 0 Å². The second-order valence-electron chi connectivity index (χ2n) is 5.93. The van der Waals surface area contributed by atoms with Crippen molar-refractivity contribution in [2.45, 2.75) is 18.3 Å². The van der Waals surface area contributed by atoms with Crippen molar-refractivity contribution in [3.8, 4) is 0 Å². The minimum Gasteiger partial charge on any atom is -0.481 e. The molecule has 0 aliphatic rings. The van der Waals surface area contributed by atoms with Crippen molar-refractivity contribution in [1.82, 2.24) is 0 Å². The van der Waals surface area contributed by atoms with Crippen LogP contribution >= 0.6 is 0 Å². The smallest absolute Gasteiger partial charge is 0.310 e. The lowest BCUT2D eigenvalue weighted by atomic mass is 9.96. The first-order valence-corrected chi connectivity index (χ1v) is 8.03. The van der Waals surface area contributed by atoms with Crippen LogP contribution in [0.3, 0.4) is 0 Å². The maximum atomic E-state index is 12.4. The fourth-order valence-corrected chi connectivity index (χ4v) is 1.91. The molecule has 7 heteroatoms. The zero-order valence-electron chi connectivity index (χ0n) is 17.6. The Morgan fingerprint density at radius 3 is 2.00 bits per heavy atom. The van der Waals surface area contributed by atoms with Gasteiger partial charge in [0.15, 0.2) is 5.78 Å². The number of carboxylic acid groups (broad SMARTS) is 1. The molecule has 0 radical (unpaired) electrons. The zero-order chi connectivity index (χ0) is 22.9. The van der Waals surface area contributed by atoms with E-state index in [1.165, 1.54) is 24.3 Å². The van der Waals surface area contributed by atoms with E-state index in [-0.39, 0.29) is 16.9 Å². The van der Waals surface area contributed by atoms with Gasteiger partial charge >= 0.3 is 5.97 Å². The molecule has 0 saturated heterocycles. The molecule has 146 valence electrons. The van der Waals surface area contributed by atoms with Gasteiger partial charge in [-0.05, 0) is 18.5 Å². The number of carboxylic acids is 1. The lowest BCUT2D eigenvalue weighted by molar-refractivity contribution is -0.138. The highest BCUT2D eigenvalue weighted by molar-refractivity contribution is 6.09. The summed E-state index contributed by atoms with van der Waals surface area (Å²) in [5.41, 5.74) is 4.75. The molecule has 2 rings (SSSR count). The Morgan fingerprint density at radius 1 is 1.00 bits per heavy atom. The van der Waals surface area contributed by atoms with Crippen LogP contribution in [-0.4, -0.2) is 57.5 Å². The summed E-state index contributed by atoms with van der Waals surface area (Å²) in [6, 6.07) is 14.3. The normalized spacial score (nSPS) is 14.0. The number of aliphatic carboxylic acids is 1. The Balaban J connectivity index is 0.000000479. The van der Waals surface area contributed by atoms with Gasteiger partial charge in [0.2, 0.25) is 0 Å². The van der Waals surface area contributed by atoms with Crippen LogP contribution in [0.1, 0.15) is 38.4 Å². The average molecular weight is 378 g/mol. The molecule has 0 unspecified atom stereocenters. The quantitative estimate of drug-likeness (QED) is 0.448. The molecule has 2 aromatic rings. The largest absolute Gasteiger partial charge is 0.481 e. The van der Waals surface area contributed by atoms with Crippen molar-refractivity contribution >= 4 is 11.8 Å². The van der Waals surface area contributed by atoms with E-state index in [0.717, 1.165) is 0 Å². The van der Waals surface area contributed by atoms with Crippen molar-refractivity contribution < 1.29 is 34.1 Å². The maximum absolute atomic E-state index is 12.4. The van der Waals surface area contributed by atoms with Gasteiger partial charge in [-0.2, -0.15) is 0 Å². The average Bonchev–Trinajstić information content (AvgIpc) is 2.72. The molecule has 6 N–H and O–H groups in total. The molecular weight excluding hydrogens is 350 g/mol. The van der Waals surface area contributed by atoms with E-state index in [1.807, 2.05) is 0 Å². The number of aliphatic hydroxyl groups excluding tert-OH is 3. The van der Waals surface area contributed by atoms with Crippen LogP contribution in [0.15, 0.2) is 54.6 Å². The summed E-state index contributed by atoms with van der Waals surface area (Å²) in [6.07, 6.45) is 0. The topological polar surface area (TPSA) is 141 Å². The van der Waals surface area contributed by atoms with Crippen molar-refractivity contribution in [2.24, 2.45) is 5.73 Å². The van der Waals surface area contributed by atoms with Crippen molar-refractivity contribution in [1.29, 1.82) is 0 Å². The molecule has 0 aromatic heterocycles. The fraction of sp³-hybridized carbons (Fsp3) is 0.300. The van der Waals surface area contributed by atoms with E-state index >= 15 is 0 Å². The first kappa shape index (κ1) is 17.8. The molecule has 0 heterocycles. The van der Waals surface area contributed by atoms with E-state index in [1.54, 1.807) is 30.3 Å².